The fourth-order valence-electron chi connectivity index (χ4n) is 0.885. The van der Waals surface area contributed by atoms with Gasteiger partial charge in [-0.2, -0.15) is 11.3 Å². The van der Waals surface area contributed by atoms with Crippen LogP contribution < -0.4 is 11.1 Å². The second kappa shape index (κ2) is 5.57. The number of nitrogens with one attached hydrogen (secondary N) is 1. The van der Waals surface area contributed by atoms with Crippen molar-refractivity contribution in [3.63, 3.8) is 0 Å². The summed E-state index contributed by atoms with van der Waals surface area (Å²) in [6.07, 6.45) is 3.88. The van der Waals surface area contributed by atoms with Crippen molar-refractivity contribution in [3.8, 4) is 0 Å². The molecule has 14 heavy (non-hydrogen) atoms. The third-order valence-corrected chi connectivity index (χ3v) is 2.36. The molecule has 1 atom stereocenters. The van der Waals surface area contributed by atoms with Gasteiger partial charge in [-0.1, -0.05) is 12.2 Å². The first-order chi connectivity index (χ1) is 6.70. The van der Waals surface area contributed by atoms with Crippen LogP contribution in [0.3, 0.4) is 0 Å². The van der Waals surface area contributed by atoms with Crippen LogP contribution in [-0.2, 0) is 4.79 Å². The first-order valence-corrected chi connectivity index (χ1v) is 5.36. The van der Waals surface area contributed by atoms with Crippen molar-refractivity contribution in [3.05, 3.63) is 28.5 Å². The van der Waals surface area contributed by atoms with Gasteiger partial charge < -0.3 is 11.1 Å². The van der Waals surface area contributed by atoms with Crippen molar-refractivity contribution in [2.75, 3.05) is 6.54 Å². The molecule has 76 valence electrons. The van der Waals surface area contributed by atoms with Crippen LogP contribution in [-0.4, -0.2) is 18.5 Å². The summed E-state index contributed by atoms with van der Waals surface area (Å²) < 4.78 is 0. The lowest BCUT2D eigenvalue weighted by molar-refractivity contribution is -0.121. The molecule has 0 saturated heterocycles. The summed E-state index contributed by atoms with van der Waals surface area (Å²) in [6, 6.07) is 1.58. The van der Waals surface area contributed by atoms with E-state index in [9.17, 15) is 4.79 Å². The van der Waals surface area contributed by atoms with E-state index in [1.165, 1.54) is 0 Å². The maximum absolute atomic E-state index is 11.0. The van der Waals surface area contributed by atoms with Crippen LogP contribution in [0, 0.1) is 0 Å². The molecule has 3 N–H and O–H groups in total. The maximum Gasteiger partial charge on any atom is 0.236 e. The van der Waals surface area contributed by atoms with Crippen molar-refractivity contribution in [1.29, 1.82) is 0 Å². The Morgan fingerprint density at radius 3 is 3.14 bits per heavy atom. The van der Waals surface area contributed by atoms with Crippen molar-refractivity contribution < 1.29 is 4.79 Å². The number of thiophene rings is 1. The molecule has 1 rings (SSSR count). The SMILES string of the molecule is C[C@@H](N)C(=O)NC/C=C/c1ccsc1. The minimum absolute atomic E-state index is 0.125. The predicted octanol–water partition coefficient (Wildman–Crippen LogP) is 1.22. The van der Waals surface area contributed by atoms with E-state index in [0.717, 1.165) is 5.56 Å². The van der Waals surface area contributed by atoms with Gasteiger partial charge in [0.25, 0.3) is 0 Å². The summed E-state index contributed by atoms with van der Waals surface area (Å²) in [5.74, 6) is -0.125. The van der Waals surface area contributed by atoms with E-state index in [1.54, 1.807) is 18.3 Å². The number of hydrogen-bond acceptors (Lipinski definition) is 3. The number of rotatable bonds is 4. The van der Waals surface area contributed by atoms with E-state index >= 15 is 0 Å². The zero-order valence-electron chi connectivity index (χ0n) is 8.07. The van der Waals surface area contributed by atoms with Gasteiger partial charge in [0.05, 0.1) is 6.04 Å². The summed E-state index contributed by atoms with van der Waals surface area (Å²) in [5, 5.41) is 6.76. The molecule has 4 heteroatoms. The van der Waals surface area contributed by atoms with Gasteiger partial charge >= 0.3 is 0 Å². The molecule has 0 aromatic carbocycles. The molecule has 1 aromatic heterocycles. The third kappa shape index (κ3) is 3.72. The van der Waals surface area contributed by atoms with Gasteiger partial charge in [0, 0.05) is 6.54 Å². The molecule has 0 spiro atoms. The van der Waals surface area contributed by atoms with E-state index in [0.29, 0.717) is 6.54 Å². The highest BCUT2D eigenvalue weighted by Gasteiger charge is 2.03. The van der Waals surface area contributed by atoms with Gasteiger partial charge in [0.1, 0.15) is 0 Å². The van der Waals surface area contributed by atoms with Crippen LogP contribution in [0.1, 0.15) is 12.5 Å². The number of carbonyl (C=O) groups excluding carboxylic acids is 1. The highest BCUT2D eigenvalue weighted by atomic mass is 32.1. The normalized spacial score (nSPS) is 13.0. The Balaban J connectivity index is 2.25. The second-order valence-electron chi connectivity index (χ2n) is 2.99. The smallest absolute Gasteiger partial charge is 0.236 e. The Kier molecular flexibility index (Phi) is 4.35. The number of amides is 1. The van der Waals surface area contributed by atoms with Gasteiger partial charge in [-0.3, -0.25) is 4.79 Å². The van der Waals surface area contributed by atoms with E-state index in [-0.39, 0.29) is 5.91 Å². The maximum atomic E-state index is 11.0. The second-order valence-corrected chi connectivity index (χ2v) is 3.77. The molecule has 0 aliphatic heterocycles. The van der Waals surface area contributed by atoms with E-state index in [2.05, 4.69) is 5.32 Å². The van der Waals surface area contributed by atoms with E-state index < -0.39 is 6.04 Å². The molecule has 1 amide bonds. The Morgan fingerprint density at radius 2 is 2.57 bits per heavy atom. The third-order valence-electron chi connectivity index (χ3n) is 1.66. The van der Waals surface area contributed by atoms with Gasteiger partial charge in [0.15, 0.2) is 0 Å². The molecule has 0 unspecified atom stereocenters. The van der Waals surface area contributed by atoms with Crippen LogP contribution in [0.2, 0.25) is 0 Å². The van der Waals surface area contributed by atoms with Crippen LogP contribution in [0.25, 0.3) is 6.08 Å². The fraction of sp³-hybridized carbons (Fsp3) is 0.300. The Bertz CT molecular complexity index is 304. The lowest BCUT2D eigenvalue weighted by atomic mass is 10.3. The standard InChI is InChI=1S/C10H14N2OS/c1-8(11)10(13)12-5-2-3-9-4-6-14-7-9/h2-4,6-8H,5,11H2,1H3,(H,12,13)/b3-2+/t8-/m1/s1. The molecular formula is C10H14N2OS. The molecule has 0 saturated carbocycles. The summed E-state index contributed by atoms with van der Waals surface area (Å²) in [4.78, 5) is 11.0. The summed E-state index contributed by atoms with van der Waals surface area (Å²) >= 11 is 1.65. The van der Waals surface area contributed by atoms with Crippen molar-refractivity contribution >= 4 is 23.3 Å². The lowest BCUT2D eigenvalue weighted by Gasteiger charge is -2.03. The largest absolute Gasteiger partial charge is 0.351 e. The topological polar surface area (TPSA) is 55.1 Å². The first-order valence-electron chi connectivity index (χ1n) is 4.42. The summed E-state index contributed by atoms with van der Waals surface area (Å²) in [6.45, 7) is 2.19. The molecule has 1 aromatic rings. The van der Waals surface area contributed by atoms with Gasteiger partial charge in [0.2, 0.25) is 5.91 Å². The highest BCUT2D eigenvalue weighted by Crippen LogP contribution is 2.06. The summed E-state index contributed by atoms with van der Waals surface area (Å²) in [7, 11) is 0. The Hall–Kier alpha value is -1.13. The van der Waals surface area contributed by atoms with Gasteiger partial charge in [-0.15, -0.1) is 0 Å². The minimum Gasteiger partial charge on any atom is -0.351 e. The van der Waals surface area contributed by atoms with Gasteiger partial charge in [-0.05, 0) is 29.3 Å². The molecule has 0 bridgehead atoms. The predicted molar refractivity (Wildman–Crippen MR) is 60.0 cm³/mol. The van der Waals surface area contributed by atoms with Crippen LogP contribution >= 0.6 is 11.3 Å². The molecule has 0 aliphatic carbocycles. The zero-order chi connectivity index (χ0) is 10.4. The quantitative estimate of drug-likeness (QED) is 0.785. The monoisotopic (exact) mass is 210 g/mol. The number of carbonyl (C=O) groups is 1. The van der Waals surface area contributed by atoms with Crippen LogP contribution in [0.4, 0.5) is 0 Å². The Morgan fingerprint density at radius 1 is 1.79 bits per heavy atom. The average molecular weight is 210 g/mol. The van der Waals surface area contributed by atoms with Gasteiger partial charge in [-0.25, -0.2) is 0 Å². The van der Waals surface area contributed by atoms with Crippen molar-refractivity contribution in [2.45, 2.75) is 13.0 Å². The molecule has 0 radical (unpaired) electrons. The molecule has 0 aliphatic rings. The lowest BCUT2D eigenvalue weighted by Crippen LogP contribution is -2.38. The fourth-order valence-corrected chi connectivity index (χ4v) is 1.51. The molecular weight excluding hydrogens is 196 g/mol. The van der Waals surface area contributed by atoms with Crippen LogP contribution in [0.5, 0.6) is 0 Å². The number of nitrogens with two attached hydrogens (primary N) is 1. The first kappa shape index (κ1) is 10.9. The summed E-state index contributed by atoms with van der Waals surface area (Å²) in [5.41, 5.74) is 6.54. The minimum atomic E-state index is -0.440. The van der Waals surface area contributed by atoms with E-state index in [4.69, 9.17) is 5.73 Å². The number of hydrogen-bond donors (Lipinski definition) is 2. The van der Waals surface area contributed by atoms with Crippen molar-refractivity contribution in [1.82, 2.24) is 5.32 Å². The molecule has 1 heterocycles. The molecule has 3 nitrogen and oxygen atoms in total. The van der Waals surface area contributed by atoms with Crippen LogP contribution in [0.15, 0.2) is 22.9 Å². The average Bonchev–Trinajstić information content (AvgIpc) is 2.64. The van der Waals surface area contributed by atoms with E-state index in [1.807, 2.05) is 29.0 Å². The highest BCUT2D eigenvalue weighted by molar-refractivity contribution is 7.08. The zero-order valence-corrected chi connectivity index (χ0v) is 8.88. The Labute approximate surface area is 87.6 Å². The molecule has 0 fully saturated rings. The van der Waals surface area contributed by atoms with Crippen molar-refractivity contribution in [2.24, 2.45) is 5.73 Å².